The smallest absolute Gasteiger partial charge is 0.352 e. The molecule has 0 radical (unpaired) electrons. The topological polar surface area (TPSA) is 85.8 Å². The summed E-state index contributed by atoms with van der Waals surface area (Å²) in [6.45, 7) is 0.345. The van der Waals surface area contributed by atoms with Crippen LogP contribution in [-0.4, -0.2) is 33.8 Å². The molecule has 0 fully saturated rings. The summed E-state index contributed by atoms with van der Waals surface area (Å²) < 4.78 is 80.3. The molecule has 0 aliphatic carbocycles. The number of nitrogens with one attached hydrogen (secondary N) is 1. The third-order valence-electron chi connectivity index (χ3n) is 4.11. The second-order valence-electron chi connectivity index (χ2n) is 6.31. The van der Waals surface area contributed by atoms with Gasteiger partial charge in [0.25, 0.3) is 5.91 Å². The molecule has 174 valence electrons. The van der Waals surface area contributed by atoms with E-state index in [1.165, 1.54) is 17.5 Å². The lowest BCUT2D eigenvalue weighted by Crippen LogP contribution is -2.28. The van der Waals surface area contributed by atoms with Gasteiger partial charge in [0.2, 0.25) is 5.13 Å². The number of rotatable bonds is 6. The van der Waals surface area contributed by atoms with Crippen molar-refractivity contribution in [2.45, 2.75) is 18.8 Å². The van der Waals surface area contributed by atoms with Crippen LogP contribution in [-0.2, 0) is 12.4 Å². The first-order valence-corrected chi connectivity index (χ1v) is 9.67. The molecule has 0 bridgehead atoms. The summed E-state index contributed by atoms with van der Waals surface area (Å²) >= 11 is 0.748. The summed E-state index contributed by atoms with van der Waals surface area (Å²) in [6.07, 6.45) is -8.36. The van der Waals surface area contributed by atoms with Crippen molar-refractivity contribution in [2.24, 2.45) is 5.73 Å². The molecule has 1 amide bonds. The molecule has 1 aromatic carbocycles. The summed E-state index contributed by atoms with van der Waals surface area (Å²) in [5, 5.41) is 7.04. The molecule has 3 aromatic rings. The molecule has 0 aliphatic rings. The van der Waals surface area contributed by atoms with Gasteiger partial charge in [-0.3, -0.25) is 4.79 Å². The molecule has 2 aromatic heterocycles. The Labute approximate surface area is 187 Å². The predicted octanol–water partition coefficient (Wildman–Crippen LogP) is 4.53. The predicted molar refractivity (Wildman–Crippen MR) is 108 cm³/mol. The highest BCUT2D eigenvalue weighted by atomic mass is 35.5. The van der Waals surface area contributed by atoms with Gasteiger partial charge >= 0.3 is 12.4 Å². The van der Waals surface area contributed by atoms with Crippen molar-refractivity contribution in [1.29, 1.82) is 0 Å². The second kappa shape index (κ2) is 9.88. The third kappa shape index (κ3) is 5.58. The van der Waals surface area contributed by atoms with Crippen LogP contribution in [0.5, 0.6) is 0 Å². The van der Waals surface area contributed by atoms with Crippen LogP contribution >= 0.6 is 23.7 Å². The van der Waals surface area contributed by atoms with Crippen LogP contribution in [0.1, 0.15) is 28.0 Å². The van der Waals surface area contributed by atoms with Gasteiger partial charge in [-0.2, -0.15) is 31.4 Å². The Morgan fingerprint density at radius 3 is 2.50 bits per heavy atom. The van der Waals surface area contributed by atoms with Gasteiger partial charge in [-0.05, 0) is 25.1 Å². The van der Waals surface area contributed by atoms with Gasteiger partial charge in [0.1, 0.15) is 0 Å². The molecule has 0 saturated carbocycles. The fraction of sp³-hybridized carbons (Fsp3) is 0.278. The summed E-state index contributed by atoms with van der Waals surface area (Å²) in [5.74, 6) is -0.971. The van der Waals surface area contributed by atoms with Crippen molar-refractivity contribution >= 4 is 29.7 Å². The number of hydrogen-bond donors (Lipinski definition) is 2. The number of alkyl halides is 6. The van der Waals surface area contributed by atoms with Gasteiger partial charge in [-0.15, -0.1) is 23.7 Å². The average Bonchev–Trinajstić information content (AvgIpc) is 3.34. The molecular weight excluding hydrogens is 484 g/mol. The molecule has 0 saturated heterocycles. The lowest BCUT2D eigenvalue weighted by Gasteiger charge is -2.11. The maximum absolute atomic E-state index is 13.7. The highest BCUT2D eigenvalue weighted by Crippen LogP contribution is 2.36. The van der Waals surface area contributed by atoms with Crippen LogP contribution in [0.25, 0.3) is 16.4 Å². The number of nitrogens with zero attached hydrogens (tertiary/aromatic N) is 3. The summed E-state index contributed by atoms with van der Waals surface area (Å²) in [6, 6.07) is 4.26. The number of hydrogen-bond acceptors (Lipinski definition) is 5. The molecule has 0 atom stereocenters. The van der Waals surface area contributed by atoms with Gasteiger partial charge in [0.05, 0.1) is 23.0 Å². The Morgan fingerprint density at radius 2 is 1.88 bits per heavy atom. The van der Waals surface area contributed by atoms with E-state index in [0.717, 1.165) is 29.7 Å². The Bertz CT molecular complexity index is 1080. The Morgan fingerprint density at radius 1 is 1.16 bits per heavy atom. The minimum atomic E-state index is -4.93. The molecule has 0 unspecified atom stereocenters. The van der Waals surface area contributed by atoms with E-state index in [1.54, 1.807) is 0 Å². The van der Waals surface area contributed by atoms with Crippen molar-refractivity contribution in [2.75, 3.05) is 13.1 Å². The van der Waals surface area contributed by atoms with Crippen LogP contribution in [0, 0.1) is 0 Å². The maximum atomic E-state index is 13.7. The lowest BCUT2D eigenvalue weighted by atomic mass is 10.1. The highest BCUT2D eigenvalue weighted by molar-refractivity contribution is 7.12. The first kappa shape index (κ1) is 25.6. The van der Waals surface area contributed by atoms with Crippen molar-refractivity contribution in [3.05, 3.63) is 52.7 Å². The number of halogens is 7. The first-order valence-electron chi connectivity index (χ1n) is 8.79. The Kier molecular flexibility index (Phi) is 7.91. The molecule has 3 rings (SSSR count). The zero-order valence-corrected chi connectivity index (χ0v) is 17.6. The fourth-order valence-corrected chi connectivity index (χ4v) is 3.48. The fourth-order valence-electron chi connectivity index (χ4n) is 2.68. The van der Waals surface area contributed by atoms with Crippen LogP contribution in [0.3, 0.4) is 0 Å². The van der Waals surface area contributed by atoms with Crippen LogP contribution in [0.15, 0.2) is 35.8 Å². The van der Waals surface area contributed by atoms with E-state index in [9.17, 15) is 31.1 Å². The minimum absolute atomic E-state index is 0. The van der Waals surface area contributed by atoms with Crippen LogP contribution in [0.4, 0.5) is 26.3 Å². The monoisotopic (exact) mass is 499 g/mol. The number of carbonyl (C=O) groups excluding carboxylic acids is 1. The molecule has 2 heterocycles. The largest absolute Gasteiger partial charge is 0.434 e. The Balaban J connectivity index is 0.00000363. The molecule has 32 heavy (non-hydrogen) atoms. The van der Waals surface area contributed by atoms with Gasteiger partial charge in [-0.1, -0.05) is 12.1 Å². The zero-order chi connectivity index (χ0) is 22.8. The van der Waals surface area contributed by atoms with E-state index in [4.69, 9.17) is 5.73 Å². The van der Waals surface area contributed by atoms with E-state index in [2.05, 4.69) is 15.4 Å². The van der Waals surface area contributed by atoms with Crippen LogP contribution < -0.4 is 11.1 Å². The third-order valence-corrected chi connectivity index (χ3v) is 4.92. The second-order valence-corrected chi connectivity index (χ2v) is 7.14. The number of thiazole rings is 1. The van der Waals surface area contributed by atoms with E-state index >= 15 is 0 Å². The highest BCUT2D eigenvalue weighted by Gasteiger charge is 2.41. The van der Waals surface area contributed by atoms with Crippen molar-refractivity contribution < 1.29 is 31.1 Å². The number of amides is 1. The first-order chi connectivity index (χ1) is 14.5. The normalized spacial score (nSPS) is 11.8. The molecular formula is C18H16ClF6N5OS. The number of aromatic nitrogens is 3. The minimum Gasteiger partial charge on any atom is -0.352 e. The van der Waals surface area contributed by atoms with Gasteiger partial charge in [0.15, 0.2) is 5.69 Å². The van der Waals surface area contributed by atoms with E-state index in [0.29, 0.717) is 11.1 Å². The van der Waals surface area contributed by atoms with Gasteiger partial charge in [0, 0.05) is 17.5 Å². The standard InChI is InChI=1S/C18H15F6N5OS.ClH/c19-17(20,21)11-4-1-3-10(7-11)13-9-31-16(28-13)29-14(18(22,23)24)12(8-27-29)15(30)26-6-2-5-25;/h1,3-4,7-9H,2,5-6,25H2,(H,26,30);1H. The quantitative estimate of drug-likeness (QED) is 0.385. The average molecular weight is 500 g/mol. The number of benzene rings is 1. The molecule has 6 nitrogen and oxygen atoms in total. The van der Waals surface area contributed by atoms with E-state index < -0.39 is 35.1 Å². The van der Waals surface area contributed by atoms with Gasteiger partial charge in [-0.25, -0.2) is 9.67 Å². The molecule has 3 N–H and O–H groups in total. The number of carbonyl (C=O) groups is 1. The Hall–Kier alpha value is -2.64. The molecule has 0 spiro atoms. The van der Waals surface area contributed by atoms with Crippen LogP contribution in [0.2, 0.25) is 0 Å². The zero-order valence-electron chi connectivity index (χ0n) is 16.0. The SMILES string of the molecule is Cl.NCCCNC(=O)c1cnn(-c2nc(-c3cccc(C(F)(F)F)c3)cs2)c1C(F)(F)F. The molecule has 14 heteroatoms. The summed E-state index contributed by atoms with van der Waals surface area (Å²) in [4.78, 5) is 16.2. The number of nitrogens with two attached hydrogens (primary N) is 1. The van der Waals surface area contributed by atoms with E-state index in [1.807, 2.05) is 0 Å². The van der Waals surface area contributed by atoms with Crippen molar-refractivity contribution in [3.8, 4) is 16.4 Å². The van der Waals surface area contributed by atoms with E-state index in [-0.39, 0.29) is 41.9 Å². The lowest BCUT2D eigenvalue weighted by molar-refractivity contribution is -0.143. The van der Waals surface area contributed by atoms with Crippen molar-refractivity contribution in [1.82, 2.24) is 20.1 Å². The van der Waals surface area contributed by atoms with Crippen molar-refractivity contribution in [3.63, 3.8) is 0 Å². The maximum Gasteiger partial charge on any atom is 0.434 e. The summed E-state index contributed by atoms with van der Waals surface area (Å²) in [5.41, 5.74) is 2.49. The van der Waals surface area contributed by atoms with Gasteiger partial charge < -0.3 is 11.1 Å². The molecule has 0 aliphatic heterocycles. The summed E-state index contributed by atoms with van der Waals surface area (Å²) in [7, 11) is 0.